The molecule has 2 rings (SSSR count). The third-order valence-corrected chi connectivity index (χ3v) is 4.97. The molecule has 0 heterocycles. The third kappa shape index (κ3) is 3.83. The van der Waals surface area contributed by atoms with Crippen molar-refractivity contribution < 1.29 is 13.5 Å². The molecule has 2 N–H and O–H groups in total. The minimum Gasteiger partial charge on any atom is -0.394 e. The summed E-state index contributed by atoms with van der Waals surface area (Å²) in [5, 5.41) is 9.81. The maximum absolute atomic E-state index is 12.5. The lowest BCUT2D eigenvalue weighted by Crippen LogP contribution is -2.31. The van der Waals surface area contributed by atoms with Crippen molar-refractivity contribution in [3.8, 4) is 0 Å². The topological polar surface area (TPSA) is 66.4 Å². The van der Waals surface area contributed by atoms with Crippen LogP contribution < -0.4 is 4.72 Å². The predicted octanol–water partition coefficient (Wildman–Crippen LogP) is 2.66. The van der Waals surface area contributed by atoms with E-state index in [0.29, 0.717) is 16.1 Å². The SMILES string of the molecule is Cc1ccc(Cl)cc1S(=O)(=O)N[C@H](CO)c1ccccc1. The van der Waals surface area contributed by atoms with Crippen LogP contribution in [-0.2, 0) is 10.0 Å². The van der Waals surface area contributed by atoms with Gasteiger partial charge in [0.15, 0.2) is 0 Å². The molecule has 0 saturated carbocycles. The highest BCUT2D eigenvalue weighted by atomic mass is 35.5. The quantitative estimate of drug-likeness (QED) is 0.888. The first-order valence-electron chi connectivity index (χ1n) is 6.38. The van der Waals surface area contributed by atoms with Gasteiger partial charge in [-0.2, -0.15) is 0 Å². The van der Waals surface area contributed by atoms with Gasteiger partial charge < -0.3 is 5.11 Å². The number of hydrogen-bond donors (Lipinski definition) is 2. The van der Waals surface area contributed by atoms with Gasteiger partial charge in [0.2, 0.25) is 10.0 Å². The van der Waals surface area contributed by atoms with Crippen molar-refractivity contribution in [2.24, 2.45) is 0 Å². The molecule has 0 aromatic heterocycles. The molecule has 21 heavy (non-hydrogen) atoms. The molecule has 0 saturated heterocycles. The Hall–Kier alpha value is -1.40. The molecule has 1 atom stereocenters. The maximum Gasteiger partial charge on any atom is 0.241 e. The number of aryl methyl sites for hydroxylation is 1. The Bertz CT molecular complexity index is 717. The molecule has 0 fully saturated rings. The standard InChI is InChI=1S/C15H16ClNO3S/c1-11-7-8-13(16)9-15(11)21(19,20)17-14(10-18)12-5-3-2-4-6-12/h2-9,14,17-18H,10H2,1H3/t14-/m1/s1. The molecule has 2 aromatic carbocycles. The Morgan fingerprint density at radius 3 is 2.48 bits per heavy atom. The molecule has 0 amide bonds. The van der Waals surface area contributed by atoms with Crippen LogP contribution in [-0.4, -0.2) is 20.1 Å². The highest BCUT2D eigenvalue weighted by molar-refractivity contribution is 7.89. The van der Waals surface area contributed by atoms with Crippen LogP contribution in [0.3, 0.4) is 0 Å². The van der Waals surface area contributed by atoms with Gasteiger partial charge in [-0.15, -0.1) is 0 Å². The molecular weight excluding hydrogens is 310 g/mol. The summed E-state index contributed by atoms with van der Waals surface area (Å²) in [7, 11) is -3.77. The summed E-state index contributed by atoms with van der Waals surface area (Å²) in [4.78, 5) is 0.115. The van der Waals surface area contributed by atoms with Gasteiger partial charge in [-0.1, -0.05) is 48.0 Å². The third-order valence-electron chi connectivity index (χ3n) is 3.12. The fourth-order valence-electron chi connectivity index (χ4n) is 2.01. The number of nitrogens with one attached hydrogen (secondary N) is 1. The Labute approximate surface area is 129 Å². The number of rotatable bonds is 5. The van der Waals surface area contributed by atoms with Crippen molar-refractivity contribution in [2.75, 3.05) is 6.61 Å². The summed E-state index contributed by atoms with van der Waals surface area (Å²) in [5.41, 5.74) is 1.29. The smallest absolute Gasteiger partial charge is 0.241 e. The molecule has 0 radical (unpaired) electrons. The van der Waals surface area contributed by atoms with Gasteiger partial charge in [-0.25, -0.2) is 13.1 Å². The van der Waals surface area contributed by atoms with Crippen molar-refractivity contribution in [1.82, 2.24) is 4.72 Å². The molecule has 0 aliphatic heterocycles. The lowest BCUT2D eigenvalue weighted by atomic mass is 10.1. The van der Waals surface area contributed by atoms with E-state index in [1.807, 2.05) is 6.07 Å². The second-order valence-corrected chi connectivity index (χ2v) is 6.80. The highest BCUT2D eigenvalue weighted by Crippen LogP contribution is 2.22. The van der Waals surface area contributed by atoms with E-state index in [9.17, 15) is 13.5 Å². The second kappa shape index (κ2) is 6.58. The molecule has 0 aliphatic carbocycles. The van der Waals surface area contributed by atoms with E-state index in [0.717, 1.165) is 0 Å². The van der Waals surface area contributed by atoms with Gasteiger partial charge in [0.05, 0.1) is 17.5 Å². The number of aliphatic hydroxyl groups excluding tert-OH is 1. The lowest BCUT2D eigenvalue weighted by molar-refractivity contribution is 0.259. The van der Waals surface area contributed by atoms with E-state index in [1.54, 1.807) is 43.3 Å². The average Bonchev–Trinajstić information content (AvgIpc) is 2.48. The van der Waals surface area contributed by atoms with Gasteiger partial charge in [-0.05, 0) is 30.2 Å². The summed E-state index contributed by atoms with van der Waals surface area (Å²) >= 11 is 5.87. The summed E-state index contributed by atoms with van der Waals surface area (Å²) in [5.74, 6) is 0. The van der Waals surface area contributed by atoms with Gasteiger partial charge in [0.1, 0.15) is 0 Å². The number of sulfonamides is 1. The maximum atomic E-state index is 12.5. The van der Waals surface area contributed by atoms with Crippen LogP contribution >= 0.6 is 11.6 Å². The van der Waals surface area contributed by atoms with E-state index in [4.69, 9.17) is 11.6 Å². The lowest BCUT2D eigenvalue weighted by Gasteiger charge is -2.18. The summed E-state index contributed by atoms with van der Waals surface area (Å²) in [6, 6.07) is 12.9. The Kier molecular flexibility index (Phi) is 5.00. The molecule has 2 aromatic rings. The van der Waals surface area contributed by atoms with Crippen molar-refractivity contribution in [2.45, 2.75) is 17.9 Å². The van der Waals surface area contributed by atoms with Crippen molar-refractivity contribution in [1.29, 1.82) is 0 Å². The number of halogens is 1. The molecule has 0 bridgehead atoms. The van der Waals surface area contributed by atoms with Gasteiger partial charge in [-0.3, -0.25) is 0 Å². The fourth-order valence-corrected chi connectivity index (χ4v) is 3.73. The number of hydrogen-bond acceptors (Lipinski definition) is 3. The molecule has 0 spiro atoms. The zero-order valence-corrected chi connectivity index (χ0v) is 13.0. The number of aliphatic hydroxyl groups is 1. The van der Waals surface area contributed by atoms with Crippen LogP contribution in [0, 0.1) is 6.92 Å². The molecule has 0 unspecified atom stereocenters. The largest absolute Gasteiger partial charge is 0.394 e. The van der Waals surface area contributed by atoms with E-state index in [-0.39, 0.29) is 11.5 Å². The molecular formula is C15H16ClNO3S. The van der Waals surface area contributed by atoms with Crippen LogP contribution in [0.5, 0.6) is 0 Å². The summed E-state index contributed by atoms with van der Waals surface area (Å²) in [6.07, 6.45) is 0. The Balaban J connectivity index is 2.34. The first-order chi connectivity index (χ1) is 9.94. The van der Waals surface area contributed by atoms with E-state index < -0.39 is 16.1 Å². The van der Waals surface area contributed by atoms with Crippen LogP contribution in [0.15, 0.2) is 53.4 Å². The zero-order chi connectivity index (χ0) is 15.5. The highest BCUT2D eigenvalue weighted by Gasteiger charge is 2.22. The van der Waals surface area contributed by atoms with Gasteiger partial charge in [0, 0.05) is 5.02 Å². The minimum atomic E-state index is -3.77. The van der Waals surface area contributed by atoms with Crippen molar-refractivity contribution >= 4 is 21.6 Å². The molecule has 4 nitrogen and oxygen atoms in total. The zero-order valence-electron chi connectivity index (χ0n) is 11.5. The second-order valence-electron chi connectivity index (χ2n) is 4.68. The predicted molar refractivity (Wildman–Crippen MR) is 82.8 cm³/mol. The Morgan fingerprint density at radius 2 is 1.86 bits per heavy atom. The van der Waals surface area contributed by atoms with Crippen LogP contribution in [0.1, 0.15) is 17.2 Å². The first-order valence-corrected chi connectivity index (χ1v) is 8.24. The average molecular weight is 326 g/mol. The fraction of sp³-hybridized carbons (Fsp3) is 0.200. The number of benzene rings is 2. The first kappa shape index (κ1) is 16.0. The summed E-state index contributed by atoms with van der Waals surface area (Å²) < 4.78 is 27.4. The van der Waals surface area contributed by atoms with E-state index in [2.05, 4.69) is 4.72 Å². The van der Waals surface area contributed by atoms with Gasteiger partial charge >= 0.3 is 0 Å². The summed E-state index contributed by atoms with van der Waals surface area (Å²) in [6.45, 7) is 1.37. The molecule has 6 heteroatoms. The monoisotopic (exact) mass is 325 g/mol. The minimum absolute atomic E-state index is 0.115. The van der Waals surface area contributed by atoms with E-state index >= 15 is 0 Å². The van der Waals surface area contributed by atoms with Crippen molar-refractivity contribution in [3.63, 3.8) is 0 Å². The van der Waals surface area contributed by atoms with E-state index in [1.165, 1.54) is 6.07 Å². The van der Waals surface area contributed by atoms with Crippen LogP contribution in [0.2, 0.25) is 5.02 Å². The van der Waals surface area contributed by atoms with Crippen molar-refractivity contribution in [3.05, 3.63) is 64.7 Å². The van der Waals surface area contributed by atoms with Crippen LogP contribution in [0.4, 0.5) is 0 Å². The molecule has 112 valence electrons. The Morgan fingerprint density at radius 1 is 1.19 bits per heavy atom. The normalized spacial score (nSPS) is 13.1. The van der Waals surface area contributed by atoms with Crippen LogP contribution in [0.25, 0.3) is 0 Å². The van der Waals surface area contributed by atoms with Gasteiger partial charge in [0.25, 0.3) is 0 Å². The molecule has 0 aliphatic rings.